The lowest BCUT2D eigenvalue weighted by atomic mass is 10.0. The van der Waals surface area contributed by atoms with Gasteiger partial charge in [-0.25, -0.2) is 0 Å². The molecular formula is C23H30NOP. The maximum atomic E-state index is 13.4. The van der Waals surface area contributed by atoms with Crippen LogP contribution in [0, 0.1) is 0 Å². The molecule has 0 aliphatic carbocycles. The van der Waals surface area contributed by atoms with Gasteiger partial charge in [-0.05, 0) is 35.7 Å². The average molecular weight is 367 g/mol. The average Bonchev–Trinajstić information content (AvgIpc) is 2.89. The Kier molecular flexibility index (Phi) is 9.47. The normalized spacial score (nSPS) is 10.7. The van der Waals surface area contributed by atoms with Gasteiger partial charge in [0.1, 0.15) is 0 Å². The Balaban J connectivity index is 3.72. The highest BCUT2D eigenvalue weighted by atomic mass is 31.1. The van der Waals surface area contributed by atoms with Crippen molar-refractivity contribution in [2.45, 2.75) is 25.4 Å². The fourth-order valence-corrected chi connectivity index (χ4v) is 5.93. The Morgan fingerprint density at radius 3 is 1.77 bits per heavy atom. The number of nitrogens with zero attached hydrogens (tertiary/aromatic N) is 1. The van der Waals surface area contributed by atoms with E-state index in [1.807, 2.05) is 24.3 Å². The van der Waals surface area contributed by atoms with Crippen LogP contribution in [0.15, 0.2) is 75.9 Å². The van der Waals surface area contributed by atoms with Gasteiger partial charge in [0.25, 0.3) is 5.91 Å². The van der Waals surface area contributed by atoms with Crippen molar-refractivity contribution in [1.29, 1.82) is 0 Å². The van der Waals surface area contributed by atoms with Crippen LogP contribution in [0.5, 0.6) is 0 Å². The summed E-state index contributed by atoms with van der Waals surface area (Å²) in [6.07, 6.45) is 14.1. The van der Waals surface area contributed by atoms with Crippen LogP contribution in [-0.4, -0.2) is 23.9 Å². The van der Waals surface area contributed by atoms with Crippen LogP contribution in [0.4, 0.5) is 0 Å². The molecule has 0 aromatic carbocycles. The van der Waals surface area contributed by atoms with Crippen LogP contribution in [0.25, 0.3) is 0 Å². The van der Waals surface area contributed by atoms with Gasteiger partial charge in [-0.15, -0.1) is 47.0 Å². The summed E-state index contributed by atoms with van der Waals surface area (Å²) in [6, 6.07) is 0. The highest BCUT2D eigenvalue weighted by Gasteiger charge is 2.27. The Morgan fingerprint density at radius 2 is 1.31 bits per heavy atom. The molecule has 1 rings (SSSR count). The van der Waals surface area contributed by atoms with Crippen molar-refractivity contribution in [3.8, 4) is 0 Å². The van der Waals surface area contributed by atoms with Crippen molar-refractivity contribution in [1.82, 2.24) is 4.90 Å². The Hall–Kier alpha value is -2.31. The fourth-order valence-electron chi connectivity index (χ4n) is 3.17. The van der Waals surface area contributed by atoms with Gasteiger partial charge >= 0.3 is 0 Å². The van der Waals surface area contributed by atoms with Crippen LogP contribution in [0.1, 0.15) is 26.5 Å². The summed E-state index contributed by atoms with van der Waals surface area (Å²) < 4.78 is 0. The third-order valence-corrected chi connectivity index (χ3v) is 6.86. The SMILES string of the molecule is C=CCc1c(CC=C)c(C(=O)N(CC=C)CC=C)p(CC=C)c1CC=C. The van der Waals surface area contributed by atoms with Crippen molar-refractivity contribution in [3.05, 3.63) is 97.6 Å². The minimum absolute atomic E-state index is 0.0650. The Morgan fingerprint density at radius 1 is 0.769 bits per heavy atom. The van der Waals surface area contributed by atoms with E-state index in [4.69, 9.17) is 0 Å². The van der Waals surface area contributed by atoms with Crippen molar-refractivity contribution in [3.63, 3.8) is 0 Å². The topological polar surface area (TPSA) is 20.3 Å². The van der Waals surface area contributed by atoms with E-state index < -0.39 is 7.53 Å². The van der Waals surface area contributed by atoms with E-state index in [1.165, 1.54) is 10.9 Å². The molecule has 0 aliphatic rings. The zero-order valence-electron chi connectivity index (χ0n) is 15.8. The molecule has 2 nitrogen and oxygen atoms in total. The lowest BCUT2D eigenvalue weighted by Crippen LogP contribution is -2.31. The Labute approximate surface area is 159 Å². The molecular weight excluding hydrogens is 337 g/mol. The van der Waals surface area contributed by atoms with Crippen molar-refractivity contribution in [2.24, 2.45) is 0 Å². The number of rotatable bonds is 13. The first-order chi connectivity index (χ1) is 12.6. The van der Waals surface area contributed by atoms with E-state index in [-0.39, 0.29) is 5.91 Å². The number of amides is 1. The van der Waals surface area contributed by atoms with E-state index in [1.54, 1.807) is 17.1 Å². The monoisotopic (exact) mass is 367 g/mol. The Bertz CT molecular complexity index is 657. The maximum absolute atomic E-state index is 13.4. The van der Waals surface area contributed by atoms with E-state index >= 15 is 0 Å². The van der Waals surface area contributed by atoms with Gasteiger partial charge < -0.3 is 4.90 Å². The van der Waals surface area contributed by atoms with Crippen LogP contribution >= 0.6 is 7.53 Å². The highest BCUT2D eigenvalue weighted by molar-refractivity contribution is 7.52. The maximum Gasteiger partial charge on any atom is 0.258 e. The molecule has 0 aliphatic heterocycles. The molecule has 1 atom stereocenters. The predicted octanol–water partition coefficient (Wildman–Crippen LogP) is 5.86. The molecule has 0 N–H and O–H groups in total. The van der Waals surface area contributed by atoms with Gasteiger partial charge in [-0.1, -0.05) is 36.5 Å². The van der Waals surface area contributed by atoms with E-state index in [2.05, 4.69) is 39.5 Å². The third kappa shape index (κ3) is 4.86. The summed E-state index contributed by atoms with van der Waals surface area (Å²) in [5, 5.41) is 2.23. The molecule has 0 spiro atoms. The van der Waals surface area contributed by atoms with Crippen molar-refractivity contribution in [2.75, 3.05) is 13.1 Å². The van der Waals surface area contributed by atoms with Gasteiger partial charge in [0.2, 0.25) is 0 Å². The predicted molar refractivity (Wildman–Crippen MR) is 117 cm³/mol. The summed E-state index contributed by atoms with van der Waals surface area (Å²) >= 11 is 0. The molecule has 138 valence electrons. The van der Waals surface area contributed by atoms with Gasteiger partial charge in [0.15, 0.2) is 0 Å². The molecule has 1 aromatic rings. The number of hydrogen-bond donors (Lipinski definition) is 0. The standard InChI is InChI=1S/C23H30NOP/c1-7-13-19-20(14-8-2)22(23(25)24(16-10-4)17-11-5)26(18-12-6)21(19)15-9-3/h7-12H,1-6,13-18H2. The van der Waals surface area contributed by atoms with Gasteiger partial charge in [0.05, 0.1) is 5.30 Å². The van der Waals surface area contributed by atoms with Gasteiger partial charge in [0, 0.05) is 19.3 Å². The van der Waals surface area contributed by atoms with Gasteiger partial charge in [-0.3, -0.25) is 4.79 Å². The second-order valence-electron chi connectivity index (χ2n) is 5.92. The number of carbonyl (C=O) groups excluding carboxylic acids is 1. The highest BCUT2D eigenvalue weighted by Crippen LogP contribution is 2.48. The molecule has 0 bridgehead atoms. The molecule has 0 saturated heterocycles. The summed E-state index contributed by atoms with van der Waals surface area (Å²) in [4.78, 5) is 15.2. The van der Waals surface area contributed by atoms with Crippen LogP contribution in [-0.2, 0) is 25.4 Å². The molecule has 1 unspecified atom stereocenters. The first-order valence-corrected chi connectivity index (χ1v) is 10.3. The van der Waals surface area contributed by atoms with Crippen LogP contribution in [0.3, 0.4) is 0 Å². The van der Waals surface area contributed by atoms with E-state index in [0.29, 0.717) is 19.5 Å². The minimum atomic E-state index is -0.758. The number of allylic oxidation sites excluding steroid dienone is 4. The first-order valence-electron chi connectivity index (χ1n) is 8.78. The number of hydrogen-bond acceptors (Lipinski definition) is 1. The molecule has 1 aromatic heterocycles. The molecule has 1 heterocycles. The smallest absolute Gasteiger partial charge is 0.258 e. The van der Waals surface area contributed by atoms with Crippen LogP contribution in [0.2, 0.25) is 0 Å². The van der Waals surface area contributed by atoms with E-state index in [0.717, 1.165) is 29.9 Å². The summed E-state index contributed by atoms with van der Waals surface area (Å²) in [7, 11) is -0.758. The molecule has 0 saturated carbocycles. The van der Waals surface area contributed by atoms with Crippen molar-refractivity contribution >= 4 is 13.4 Å². The van der Waals surface area contributed by atoms with Crippen molar-refractivity contribution < 1.29 is 4.79 Å². The summed E-state index contributed by atoms with van der Waals surface area (Å²) in [5.41, 5.74) is 2.33. The zero-order chi connectivity index (χ0) is 19.5. The molecule has 3 heteroatoms. The van der Waals surface area contributed by atoms with Gasteiger partial charge in [-0.2, -0.15) is 0 Å². The largest absolute Gasteiger partial charge is 0.331 e. The second kappa shape index (κ2) is 11.3. The summed E-state index contributed by atoms with van der Waals surface area (Å²) in [6.45, 7) is 24.2. The quantitative estimate of drug-likeness (QED) is 0.400. The first kappa shape index (κ1) is 21.7. The minimum Gasteiger partial charge on any atom is -0.331 e. The second-order valence-corrected chi connectivity index (χ2v) is 8.13. The zero-order valence-corrected chi connectivity index (χ0v) is 16.6. The third-order valence-electron chi connectivity index (χ3n) is 4.13. The molecule has 26 heavy (non-hydrogen) atoms. The fraction of sp³-hybridized carbons (Fsp3) is 0.261. The molecule has 1 amide bonds. The lowest BCUT2D eigenvalue weighted by Gasteiger charge is -2.21. The molecule has 0 radical (unpaired) electrons. The number of carbonyl (C=O) groups is 1. The van der Waals surface area contributed by atoms with Crippen LogP contribution < -0.4 is 0 Å². The lowest BCUT2D eigenvalue weighted by molar-refractivity contribution is 0.0794. The summed E-state index contributed by atoms with van der Waals surface area (Å²) in [5.74, 6) is 0.0650. The van der Waals surface area contributed by atoms with E-state index in [9.17, 15) is 4.79 Å². The molecule has 0 fully saturated rings.